The van der Waals surface area contributed by atoms with Gasteiger partial charge in [0.25, 0.3) is 5.91 Å². The van der Waals surface area contributed by atoms with Gasteiger partial charge in [-0.2, -0.15) is 0 Å². The van der Waals surface area contributed by atoms with Gasteiger partial charge in [0.15, 0.2) is 5.82 Å². The third kappa shape index (κ3) is 2.85. The number of amides is 2. The topological polar surface area (TPSA) is 91.6 Å². The van der Waals surface area contributed by atoms with Crippen molar-refractivity contribution in [2.45, 2.75) is 0 Å². The number of halogens is 1. The number of hydrogen-bond acceptors (Lipinski definition) is 5. The summed E-state index contributed by atoms with van der Waals surface area (Å²) in [6, 6.07) is 1.63. The molecule has 0 atom stereocenters. The van der Waals surface area contributed by atoms with E-state index in [2.05, 4.69) is 26.3 Å². The number of nitrogens with one attached hydrogen (secondary N) is 1. The highest BCUT2D eigenvalue weighted by atomic mass is 79.9. The Morgan fingerprint density at radius 1 is 1.53 bits per heavy atom. The van der Waals surface area contributed by atoms with E-state index in [9.17, 15) is 9.59 Å². The molecule has 0 aliphatic carbocycles. The molecule has 102 valence electrons. The Labute approximate surface area is 118 Å². The Bertz CT molecular complexity index is 522. The first kappa shape index (κ1) is 13.8. The van der Waals surface area contributed by atoms with Gasteiger partial charge in [-0.25, -0.2) is 10.8 Å². The van der Waals surface area contributed by atoms with E-state index in [1.54, 1.807) is 24.2 Å². The number of piperazine rings is 1. The molecule has 0 bridgehead atoms. The summed E-state index contributed by atoms with van der Waals surface area (Å²) < 4.78 is 0.676. The van der Waals surface area contributed by atoms with Crippen molar-refractivity contribution < 1.29 is 9.59 Å². The Morgan fingerprint density at radius 3 is 2.89 bits per heavy atom. The standard InChI is InChI=1S/C11H14BrN5O2/c1-16-2-3-17(6-9(16)18)11(19)8-4-7(12)5-14-10(8)15-13/h4-5H,2-3,6,13H2,1H3,(H,14,15). The molecule has 0 spiro atoms. The predicted octanol–water partition coefficient (Wildman–Crippen LogP) is 0.0439. The van der Waals surface area contributed by atoms with Crippen molar-refractivity contribution in [3.63, 3.8) is 0 Å². The quantitative estimate of drug-likeness (QED) is 0.591. The number of nitrogens with zero attached hydrogens (tertiary/aromatic N) is 3. The second kappa shape index (κ2) is 5.54. The smallest absolute Gasteiger partial charge is 0.258 e. The Morgan fingerprint density at radius 2 is 2.26 bits per heavy atom. The zero-order valence-corrected chi connectivity index (χ0v) is 12.0. The molecule has 19 heavy (non-hydrogen) atoms. The minimum absolute atomic E-state index is 0.0753. The van der Waals surface area contributed by atoms with E-state index in [-0.39, 0.29) is 18.4 Å². The number of carbonyl (C=O) groups is 2. The molecule has 2 heterocycles. The van der Waals surface area contributed by atoms with Crippen molar-refractivity contribution in [2.75, 3.05) is 32.1 Å². The molecule has 1 fully saturated rings. The lowest BCUT2D eigenvalue weighted by atomic mass is 10.2. The van der Waals surface area contributed by atoms with Crippen LogP contribution in [-0.2, 0) is 4.79 Å². The van der Waals surface area contributed by atoms with Crippen LogP contribution in [-0.4, -0.2) is 53.3 Å². The fourth-order valence-electron chi connectivity index (χ4n) is 1.82. The Kier molecular flexibility index (Phi) is 4.01. The fraction of sp³-hybridized carbons (Fsp3) is 0.364. The summed E-state index contributed by atoms with van der Waals surface area (Å²) in [4.78, 5) is 31.1. The summed E-state index contributed by atoms with van der Waals surface area (Å²) in [6.07, 6.45) is 1.54. The monoisotopic (exact) mass is 327 g/mol. The highest BCUT2D eigenvalue weighted by molar-refractivity contribution is 9.10. The summed E-state index contributed by atoms with van der Waals surface area (Å²) in [5.74, 6) is 5.30. The molecule has 2 amide bonds. The maximum atomic E-state index is 12.4. The third-order valence-electron chi connectivity index (χ3n) is 2.97. The summed E-state index contributed by atoms with van der Waals surface area (Å²) in [7, 11) is 1.72. The van der Waals surface area contributed by atoms with Gasteiger partial charge in [0, 0.05) is 30.8 Å². The van der Waals surface area contributed by atoms with Gasteiger partial charge in [-0.1, -0.05) is 0 Å². The lowest BCUT2D eigenvalue weighted by molar-refractivity contribution is -0.133. The second-order valence-electron chi connectivity index (χ2n) is 4.24. The van der Waals surface area contributed by atoms with E-state index < -0.39 is 0 Å². The van der Waals surface area contributed by atoms with Crippen LogP contribution < -0.4 is 11.3 Å². The van der Waals surface area contributed by atoms with Crippen molar-refractivity contribution in [2.24, 2.45) is 5.84 Å². The molecule has 2 rings (SSSR count). The van der Waals surface area contributed by atoms with Crippen molar-refractivity contribution in [1.29, 1.82) is 0 Å². The van der Waals surface area contributed by atoms with Gasteiger partial charge in [0.1, 0.15) is 6.54 Å². The van der Waals surface area contributed by atoms with E-state index in [1.807, 2.05) is 0 Å². The lowest BCUT2D eigenvalue weighted by Gasteiger charge is -2.32. The molecule has 7 nitrogen and oxygen atoms in total. The van der Waals surface area contributed by atoms with Gasteiger partial charge in [-0.05, 0) is 22.0 Å². The maximum Gasteiger partial charge on any atom is 0.258 e. The molecular formula is C11H14BrN5O2. The van der Waals surface area contributed by atoms with Gasteiger partial charge in [-0.3, -0.25) is 9.59 Å². The average Bonchev–Trinajstić information content (AvgIpc) is 2.41. The van der Waals surface area contributed by atoms with Crippen LogP contribution in [0.15, 0.2) is 16.7 Å². The van der Waals surface area contributed by atoms with Crippen LogP contribution in [0.4, 0.5) is 5.82 Å². The number of aromatic nitrogens is 1. The number of anilines is 1. The van der Waals surface area contributed by atoms with Crippen molar-refractivity contribution >= 4 is 33.6 Å². The number of pyridine rings is 1. The SMILES string of the molecule is CN1CCN(C(=O)c2cc(Br)cnc2NN)CC1=O. The number of rotatable bonds is 2. The average molecular weight is 328 g/mol. The lowest BCUT2D eigenvalue weighted by Crippen LogP contribution is -2.50. The van der Waals surface area contributed by atoms with Crippen LogP contribution in [0.25, 0.3) is 0 Å². The van der Waals surface area contributed by atoms with Gasteiger partial charge in [-0.15, -0.1) is 0 Å². The van der Waals surface area contributed by atoms with Crippen LogP contribution >= 0.6 is 15.9 Å². The second-order valence-corrected chi connectivity index (χ2v) is 5.15. The van der Waals surface area contributed by atoms with Gasteiger partial charge in [0.05, 0.1) is 5.56 Å². The molecule has 0 radical (unpaired) electrons. The summed E-state index contributed by atoms with van der Waals surface area (Å²) in [5, 5.41) is 0. The van der Waals surface area contributed by atoms with Gasteiger partial charge >= 0.3 is 0 Å². The van der Waals surface area contributed by atoms with E-state index in [4.69, 9.17) is 5.84 Å². The number of hydrogen-bond donors (Lipinski definition) is 2. The normalized spacial score (nSPS) is 15.6. The first-order valence-electron chi connectivity index (χ1n) is 5.68. The maximum absolute atomic E-state index is 12.4. The first-order chi connectivity index (χ1) is 9.02. The number of likely N-dealkylation sites (N-methyl/N-ethyl adjacent to an activating group) is 1. The molecule has 3 N–H and O–H groups in total. The highest BCUT2D eigenvalue weighted by Crippen LogP contribution is 2.19. The van der Waals surface area contributed by atoms with E-state index in [0.717, 1.165) is 0 Å². The molecule has 1 aromatic heterocycles. The zero-order valence-electron chi connectivity index (χ0n) is 10.4. The van der Waals surface area contributed by atoms with Crippen LogP contribution in [0.3, 0.4) is 0 Å². The minimum Gasteiger partial charge on any atom is -0.342 e. The minimum atomic E-state index is -0.261. The molecule has 1 aromatic rings. The highest BCUT2D eigenvalue weighted by Gasteiger charge is 2.27. The van der Waals surface area contributed by atoms with Crippen molar-refractivity contribution in [3.8, 4) is 0 Å². The molecule has 0 unspecified atom stereocenters. The fourth-order valence-corrected chi connectivity index (χ4v) is 2.15. The van der Waals surface area contributed by atoms with E-state index in [0.29, 0.717) is 28.9 Å². The molecule has 1 aliphatic heterocycles. The number of carbonyl (C=O) groups excluding carboxylic acids is 2. The molecule has 0 aromatic carbocycles. The molecule has 8 heteroatoms. The van der Waals surface area contributed by atoms with Crippen LogP contribution in [0, 0.1) is 0 Å². The zero-order chi connectivity index (χ0) is 14.0. The number of hydrazine groups is 1. The van der Waals surface area contributed by atoms with Crippen LogP contribution in [0.2, 0.25) is 0 Å². The predicted molar refractivity (Wildman–Crippen MR) is 73.3 cm³/mol. The largest absolute Gasteiger partial charge is 0.342 e. The van der Waals surface area contributed by atoms with Gasteiger partial charge in [0.2, 0.25) is 5.91 Å². The number of nitrogen functional groups attached to an aromatic ring is 1. The summed E-state index contributed by atoms with van der Waals surface area (Å²) in [5.41, 5.74) is 2.73. The van der Waals surface area contributed by atoms with Gasteiger partial charge < -0.3 is 15.2 Å². The summed E-state index contributed by atoms with van der Waals surface area (Å²) in [6.45, 7) is 1.10. The number of nitrogens with two attached hydrogens (primary N) is 1. The summed E-state index contributed by atoms with van der Waals surface area (Å²) >= 11 is 3.26. The Hall–Kier alpha value is -1.67. The van der Waals surface area contributed by atoms with E-state index in [1.165, 1.54) is 4.90 Å². The van der Waals surface area contributed by atoms with Crippen molar-refractivity contribution in [1.82, 2.24) is 14.8 Å². The van der Waals surface area contributed by atoms with Crippen LogP contribution in [0.5, 0.6) is 0 Å². The van der Waals surface area contributed by atoms with E-state index >= 15 is 0 Å². The molecule has 1 saturated heterocycles. The molecular weight excluding hydrogens is 314 g/mol. The third-order valence-corrected chi connectivity index (χ3v) is 3.40. The van der Waals surface area contributed by atoms with Crippen molar-refractivity contribution in [3.05, 3.63) is 22.3 Å². The Balaban J connectivity index is 2.24. The molecule has 1 aliphatic rings. The molecule has 0 saturated carbocycles. The van der Waals surface area contributed by atoms with Crippen LogP contribution in [0.1, 0.15) is 10.4 Å². The first-order valence-corrected chi connectivity index (χ1v) is 6.47.